The van der Waals surface area contributed by atoms with E-state index in [4.69, 9.17) is 0 Å². The van der Waals surface area contributed by atoms with Gasteiger partial charge in [-0.25, -0.2) is 0 Å². The van der Waals surface area contributed by atoms with Crippen molar-refractivity contribution in [2.75, 3.05) is 4.90 Å². The van der Waals surface area contributed by atoms with Gasteiger partial charge in [0.2, 0.25) is 0 Å². The zero-order chi connectivity index (χ0) is 45.9. The van der Waals surface area contributed by atoms with Crippen molar-refractivity contribution < 1.29 is 0 Å². The summed E-state index contributed by atoms with van der Waals surface area (Å²) in [7, 11) is 0. The van der Waals surface area contributed by atoms with Crippen LogP contribution in [0.1, 0.15) is 23.6 Å². The Morgan fingerprint density at radius 1 is 0.290 bits per heavy atom. The quantitative estimate of drug-likeness (QED) is 0.138. The fraction of sp³-hybridized carbons (Fsp3) is 0.0294. The van der Waals surface area contributed by atoms with Gasteiger partial charge in [0.05, 0.1) is 11.4 Å². The lowest BCUT2D eigenvalue weighted by Gasteiger charge is -2.31. The normalized spacial score (nSPS) is 13.9. The molecule has 0 radical (unpaired) electrons. The molecular formula is C68H47N. The van der Waals surface area contributed by atoms with Crippen LogP contribution in [0.5, 0.6) is 0 Å². The van der Waals surface area contributed by atoms with Gasteiger partial charge in [0.15, 0.2) is 0 Å². The van der Waals surface area contributed by atoms with Gasteiger partial charge >= 0.3 is 0 Å². The first kappa shape index (κ1) is 40.5. The highest BCUT2D eigenvalue weighted by Crippen LogP contribution is 2.54. The fourth-order valence-corrected chi connectivity index (χ4v) is 11.5. The minimum atomic E-state index is -0.320. The van der Waals surface area contributed by atoms with Crippen LogP contribution in [0.15, 0.2) is 267 Å². The molecule has 0 bridgehead atoms. The van der Waals surface area contributed by atoms with Crippen LogP contribution in [0.4, 0.5) is 17.1 Å². The third kappa shape index (κ3) is 6.61. The van der Waals surface area contributed by atoms with Crippen molar-refractivity contribution in [2.24, 2.45) is 0 Å². The number of para-hydroxylation sites is 2. The third-order valence-corrected chi connectivity index (χ3v) is 14.8. The van der Waals surface area contributed by atoms with E-state index in [0.29, 0.717) is 0 Å². The summed E-state index contributed by atoms with van der Waals surface area (Å²) in [5.41, 5.74) is 19.1. The topological polar surface area (TPSA) is 3.24 Å². The summed E-state index contributed by atoms with van der Waals surface area (Å²) in [5, 5.41) is 7.50. The van der Waals surface area contributed by atoms with E-state index in [1.54, 1.807) is 0 Å². The van der Waals surface area contributed by atoms with Crippen molar-refractivity contribution in [3.8, 4) is 55.6 Å². The first-order chi connectivity index (χ1) is 34.1. The molecule has 1 aliphatic carbocycles. The molecule has 0 aliphatic heterocycles. The average molecular weight is 878 g/mol. The van der Waals surface area contributed by atoms with E-state index in [9.17, 15) is 0 Å². The number of hydrogen-bond acceptors (Lipinski definition) is 1. The summed E-state index contributed by atoms with van der Waals surface area (Å²) in [6.07, 6.45) is 0. The molecule has 12 aromatic carbocycles. The Kier molecular flexibility index (Phi) is 9.70. The summed E-state index contributed by atoms with van der Waals surface area (Å²) in [4.78, 5) is 2.49. The van der Waals surface area contributed by atoms with Gasteiger partial charge in [-0.3, -0.25) is 0 Å². The summed E-state index contributed by atoms with van der Waals surface area (Å²) in [6, 6.07) is 98.5. The van der Waals surface area contributed by atoms with Crippen LogP contribution in [0.25, 0.3) is 88.0 Å². The Morgan fingerprint density at radius 3 is 1.62 bits per heavy atom. The molecule has 1 heteroatoms. The van der Waals surface area contributed by atoms with Gasteiger partial charge in [-0.15, -0.1) is 0 Å². The second kappa shape index (κ2) is 16.5. The van der Waals surface area contributed by atoms with Crippen LogP contribution in [-0.4, -0.2) is 0 Å². The number of nitrogens with zero attached hydrogens (tertiary/aromatic N) is 1. The Labute approximate surface area is 403 Å². The van der Waals surface area contributed by atoms with Gasteiger partial charge in [-0.2, -0.15) is 0 Å². The zero-order valence-electron chi connectivity index (χ0n) is 38.4. The molecule has 324 valence electrons. The van der Waals surface area contributed by atoms with Crippen molar-refractivity contribution in [3.05, 3.63) is 284 Å². The minimum absolute atomic E-state index is 0.320. The molecule has 0 fully saturated rings. The molecule has 1 atom stereocenters. The van der Waals surface area contributed by atoms with Gasteiger partial charge in [0.1, 0.15) is 0 Å². The molecule has 1 nitrogen and oxygen atoms in total. The standard InChI is InChI=1S/C68H47N/c1-68(51-24-6-3-7-25-51)63-34-13-10-28-59(63)60-44-40-50(45-64(60)68)55-27-11-14-35-65(55)69(52-41-37-48(38-42-52)54-30-18-32-57-53-26-9-8-21-47(53)39-43-58(54)57)66-36-15-12-29-61(66)62-33-17-23-49-22-16-31-56(67(49)62)46-19-4-2-5-20-46/h2-45H,1H3. The molecule has 0 N–H and O–H groups in total. The highest BCUT2D eigenvalue weighted by atomic mass is 15.1. The van der Waals surface area contributed by atoms with Crippen LogP contribution in [0, 0.1) is 0 Å². The average Bonchev–Trinajstić information content (AvgIpc) is 3.69. The van der Waals surface area contributed by atoms with E-state index < -0.39 is 0 Å². The zero-order valence-corrected chi connectivity index (χ0v) is 38.4. The minimum Gasteiger partial charge on any atom is -0.309 e. The first-order valence-corrected chi connectivity index (χ1v) is 24.0. The maximum atomic E-state index is 2.49. The summed E-state index contributed by atoms with van der Waals surface area (Å²) in [6.45, 7) is 2.40. The van der Waals surface area contributed by atoms with E-state index in [0.717, 1.165) is 28.2 Å². The van der Waals surface area contributed by atoms with Gasteiger partial charge in [-0.05, 0) is 131 Å². The first-order valence-electron chi connectivity index (χ1n) is 24.0. The molecule has 0 saturated heterocycles. The number of hydrogen-bond donors (Lipinski definition) is 0. The predicted molar refractivity (Wildman–Crippen MR) is 293 cm³/mol. The third-order valence-electron chi connectivity index (χ3n) is 14.8. The Hall–Kier alpha value is -8.78. The smallest absolute Gasteiger partial charge is 0.0540 e. The van der Waals surface area contributed by atoms with Crippen LogP contribution < -0.4 is 4.90 Å². The predicted octanol–water partition coefficient (Wildman–Crippen LogP) is 18.6. The van der Waals surface area contributed by atoms with Crippen LogP contribution >= 0.6 is 0 Å². The van der Waals surface area contributed by atoms with Gasteiger partial charge < -0.3 is 4.90 Å². The largest absolute Gasteiger partial charge is 0.309 e. The highest BCUT2D eigenvalue weighted by molar-refractivity contribution is 6.12. The molecule has 69 heavy (non-hydrogen) atoms. The van der Waals surface area contributed by atoms with Crippen molar-refractivity contribution in [1.82, 2.24) is 0 Å². The lowest BCUT2D eigenvalue weighted by molar-refractivity contribution is 0.714. The molecule has 1 aliphatic rings. The molecular weight excluding hydrogens is 831 g/mol. The van der Waals surface area contributed by atoms with E-state index in [1.165, 1.54) is 93.5 Å². The van der Waals surface area contributed by atoms with Crippen molar-refractivity contribution in [2.45, 2.75) is 12.3 Å². The van der Waals surface area contributed by atoms with Crippen molar-refractivity contribution >= 4 is 49.4 Å². The molecule has 0 spiro atoms. The second-order valence-corrected chi connectivity index (χ2v) is 18.5. The van der Waals surface area contributed by atoms with Crippen LogP contribution in [0.2, 0.25) is 0 Å². The fourth-order valence-electron chi connectivity index (χ4n) is 11.5. The van der Waals surface area contributed by atoms with Gasteiger partial charge in [-0.1, -0.05) is 237 Å². The highest BCUT2D eigenvalue weighted by Gasteiger charge is 2.41. The van der Waals surface area contributed by atoms with Gasteiger partial charge in [0, 0.05) is 22.2 Å². The van der Waals surface area contributed by atoms with Crippen molar-refractivity contribution in [3.63, 3.8) is 0 Å². The van der Waals surface area contributed by atoms with Gasteiger partial charge in [0.25, 0.3) is 0 Å². The number of anilines is 3. The van der Waals surface area contributed by atoms with E-state index in [2.05, 4.69) is 279 Å². The maximum absolute atomic E-state index is 2.49. The monoisotopic (exact) mass is 877 g/mol. The summed E-state index contributed by atoms with van der Waals surface area (Å²) >= 11 is 0. The van der Waals surface area contributed by atoms with E-state index in [1.807, 2.05) is 0 Å². The molecule has 0 heterocycles. The van der Waals surface area contributed by atoms with E-state index in [-0.39, 0.29) is 5.41 Å². The maximum Gasteiger partial charge on any atom is 0.0540 e. The van der Waals surface area contributed by atoms with Crippen LogP contribution in [0.3, 0.4) is 0 Å². The van der Waals surface area contributed by atoms with Crippen LogP contribution in [-0.2, 0) is 5.41 Å². The summed E-state index contributed by atoms with van der Waals surface area (Å²) in [5.74, 6) is 0. The molecule has 0 aromatic heterocycles. The van der Waals surface area contributed by atoms with Crippen molar-refractivity contribution in [1.29, 1.82) is 0 Å². The molecule has 0 saturated carbocycles. The SMILES string of the molecule is CC1(c2ccccc2)c2ccccc2-c2ccc(-c3ccccc3N(c3ccc(-c4cccc5c4ccc4ccccc45)cc3)c3ccccc3-c3cccc4cccc(-c5ccccc5)c34)cc21. The molecule has 13 rings (SSSR count). The summed E-state index contributed by atoms with van der Waals surface area (Å²) < 4.78 is 0. The lowest BCUT2D eigenvalue weighted by Crippen LogP contribution is -2.22. The Bertz CT molecular complexity index is 3900. The Balaban J connectivity index is 1.02. The Morgan fingerprint density at radius 2 is 0.826 bits per heavy atom. The van der Waals surface area contributed by atoms with E-state index >= 15 is 0 Å². The molecule has 12 aromatic rings. The number of benzene rings is 12. The number of fused-ring (bicyclic) bond motifs is 7. The lowest BCUT2D eigenvalue weighted by atomic mass is 9.74. The molecule has 1 unspecified atom stereocenters. The number of rotatable bonds is 8. The second-order valence-electron chi connectivity index (χ2n) is 18.5. The molecule has 0 amide bonds.